The monoisotopic (exact) mass is 349 g/mol. The minimum Gasteiger partial charge on any atom is -0.264 e. The van der Waals surface area contributed by atoms with E-state index in [-0.39, 0.29) is 14.9 Å². The number of nitrogens with zero attached hydrogens (tertiary/aromatic N) is 2. The van der Waals surface area contributed by atoms with E-state index in [4.69, 9.17) is 29.0 Å². The molecule has 1 heterocycles. The van der Waals surface area contributed by atoms with Crippen molar-refractivity contribution in [2.45, 2.75) is 43.9 Å². The summed E-state index contributed by atoms with van der Waals surface area (Å²) in [5, 5.41) is 1.70. The Morgan fingerprint density at radius 2 is 1.86 bits per heavy atom. The summed E-state index contributed by atoms with van der Waals surface area (Å²) < 4.78 is 28.2. The van der Waals surface area contributed by atoms with Gasteiger partial charge in [0.2, 0.25) is 0 Å². The lowest BCUT2D eigenvalue weighted by atomic mass is 10.1. The number of unbranched alkanes of at least 4 members (excludes halogenated alkanes) is 3. The Kier molecular flexibility index (Phi) is 5.14. The van der Waals surface area contributed by atoms with Gasteiger partial charge < -0.3 is 0 Å². The summed E-state index contributed by atoms with van der Waals surface area (Å²) in [5.41, 5.74) is 0.310. The van der Waals surface area contributed by atoms with Crippen LogP contribution in [-0.4, -0.2) is 14.3 Å². The van der Waals surface area contributed by atoms with Crippen molar-refractivity contribution in [3.63, 3.8) is 0 Å². The van der Waals surface area contributed by atoms with Crippen molar-refractivity contribution >= 4 is 44.7 Å². The minimum absolute atomic E-state index is 0.0169. The number of halogens is 2. The van der Waals surface area contributed by atoms with Crippen LogP contribution in [0.2, 0.25) is 10.0 Å². The molecule has 0 bridgehead atoms. The fraction of sp³-hybridized carbons (Fsp3) is 0.462. The van der Waals surface area contributed by atoms with Gasteiger partial charge in [0.25, 0.3) is 10.0 Å². The Bertz CT molecular complexity index is 674. The van der Waals surface area contributed by atoms with E-state index in [2.05, 4.69) is 11.3 Å². The quantitative estimate of drug-likeness (QED) is 0.648. The molecular weight excluding hydrogens is 333 g/mol. The third kappa shape index (κ3) is 3.51. The van der Waals surface area contributed by atoms with Gasteiger partial charge in [0.15, 0.2) is 0 Å². The van der Waals surface area contributed by atoms with Crippen LogP contribution in [0.4, 0.5) is 5.69 Å². The molecule has 0 aliphatic carbocycles. The molecule has 1 aromatic rings. The smallest absolute Gasteiger partial charge is 0.264 e. The van der Waals surface area contributed by atoms with Crippen LogP contribution in [0.5, 0.6) is 0 Å². The second-order valence-corrected chi connectivity index (χ2v) is 7.28. The highest BCUT2D eigenvalue weighted by atomic mass is 35.5. The van der Waals surface area contributed by atoms with Crippen molar-refractivity contribution in [3.8, 4) is 0 Å². The van der Waals surface area contributed by atoms with E-state index < -0.39 is 10.0 Å². The fourth-order valence-electron chi connectivity index (χ4n) is 2.16. The van der Waals surface area contributed by atoms with Gasteiger partial charge in [0, 0.05) is 6.42 Å². The van der Waals surface area contributed by atoms with Crippen molar-refractivity contribution in [2.75, 3.05) is 5.01 Å². The van der Waals surface area contributed by atoms with Crippen molar-refractivity contribution < 1.29 is 8.42 Å². The molecule has 0 fully saturated rings. The first-order valence-corrected chi connectivity index (χ1v) is 8.94. The molecule has 0 aromatic heterocycles. The Hall–Kier alpha value is -0.820. The predicted octanol–water partition coefficient (Wildman–Crippen LogP) is 3.74. The molecule has 116 valence electrons. The predicted molar refractivity (Wildman–Crippen MR) is 86.5 cm³/mol. The highest BCUT2D eigenvalue weighted by molar-refractivity contribution is 7.90. The van der Waals surface area contributed by atoms with Gasteiger partial charge in [-0.1, -0.05) is 49.4 Å². The average molecular weight is 350 g/mol. The van der Waals surface area contributed by atoms with E-state index in [1.807, 2.05) is 0 Å². The summed E-state index contributed by atoms with van der Waals surface area (Å²) >= 11 is 11.8. The summed E-state index contributed by atoms with van der Waals surface area (Å²) in [6.07, 6.45) is 4.57. The number of sulfonamides is 1. The SMILES string of the molecule is CCCCCCC1=NS(=O)(=O)c2cc(Cl)c(Cl)cc2N1N. The Balaban J connectivity index is 2.32. The molecule has 1 aliphatic rings. The van der Waals surface area contributed by atoms with Crippen LogP contribution < -0.4 is 10.9 Å². The average Bonchev–Trinajstić information content (AvgIpc) is 2.42. The van der Waals surface area contributed by atoms with Gasteiger partial charge in [0.1, 0.15) is 10.7 Å². The van der Waals surface area contributed by atoms with Gasteiger partial charge in [0.05, 0.1) is 15.7 Å². The standard InChI is InChI=1S/C13H17Cl2N3O2S/c1-2-3-4-5-6-13-17-21(19,20)12-8-10(15)9(14)7-11(12)18(13)16/h7-8H,2-6,16H2,1H3. The van der Waals surface area contributed by atoms with Crippen LogP contribution in [0.1, 0.15) is 39.0 Å². The highest BCUT2D eigenvalue weighted by Gasteiger charge is 2.30. The van der Waals surface area contributed by atoms with Crippen LogP contribution in [0.25, 0.3) is 0 Å². The number of fused-ring (bicyclic) bond motifs is 1. The second-order valence-electron chi connectivity index (χ2n) is 4.90. The molecule has 2 rings (SSSR count). The molecule has 0 spiro atoms. The van der Waals surface area contributed by atoms with Crippen molar-refractivity contribution in [2.24, 2.45) is 10.2 Å². The zero-order valence-electron chi connectivity index (χ0n) is 11.6. The van der Waals surface area contributed by atoms with Crippen molar-refractivity contribution in [3.05, 3.63) is 22.2 Å². The van der Waals surface area contributed by atoms with Crippen LogP contribution in [-0.2, 0) is 10.0 Å². The number of hydrogen-bond acceptors (Lipinski definition) is 4. The maximum atomic E-state index is 12.2. The Morgan fingerprint density at radius 1 is 1.19 bits per heavy atom. The number of hydrogen-bond donors (Lipinski definition) is 1. The highest BCUT2D eigenvalue weighted by Crippen LogP contribution is 2.37. The minimum atomic E-state index is -3.78. The number of anilines is 1. The van der Waals surface area contributed by atoms with Gasteiger partial charge >= 0.3 is 0 Å². The molecule has 5 nitrogen and oxygen atoms in total. The molecule has 1 aromatic carbocycles. The summed E-state index contributed by atoms with van der Waals surface area (Å²) in [4.78, 5) is -0.0169. The summed E-state index contributed by atoms with van der Waals surface area (Å²) in [7, 11) is -3.78. The fourth-order valence-corrected chi connectivity index (χ4v) is 3.79. The second kappa shape index (κ2) is 6.52. The first kappa shape index (κ1) is 16.5. The van der Waals surface area contributed by atoms with Crippen LogP contribution >= 0.6 is 23.2 Å². The Morgan fingerprint density at radius 3 is 2.52 bits per heavy atom. The molecule has 0 radical (unpaired) electrons. The maximum Gasteiger partial charge on any atom is 0.286 e. The van der Waals surface area contributed by atoms with Crippen molar-refractivity contribution in [1.29, 1.82) is 0 Å². The molecular formula is C13H17Cl2N3O2S. The summed E-state index contributed by atoms with van der Waals surface area (Å²) in [5.74, 6) is 6.31. The largest absolute Gasteiger partial charge is 0.286 e. The molecule has 0 amide bonds. The molecule has 21 heavy (non-hydrogen) atoms. The van der Waals surface area contributed by atoms with E-state index in [1.54, 1.807) is 0 Å². The maximum absolute atomic E-state index is 12.2. The van der Waals surface area contributed by atoms with Crippen LogP contribution in [0, 0.1) is 0 Å². The number of nitrogens with two attached hydrogens (primary N) is 1. The molecule has 0 unspecified atom stereocenters. The van der Waals surface area contributed by atoms with Gasteiger partial charge in [-0.05, 0) is 18.6 Å². The lowest BCUT2D eigenvalue weighted by Gasteiger charge is -2.27. The summed E-state index contributed by atoms with van der Waals surface area (Å²) in [6, 6.07) is 2.74. The number of rotatable bonds is 5. The van der Waals surface area contributed by atoms with Gasteiger partial charge in [-0.3, -0.25) is 5.01 Å². The van der Waals surface area contributed by atoms with E-state index in [1.165, 1.54) is 17.1 Å². The molecule has 2 N–H and O–H groups in total. The number of hydrazine groups is 1. The zero-order valence-corrected chi connectivity index (χ0v) is 14.0. The van der Waals surface area contributed by atoms with E-state index >= 15 is 0 Å². The van der Waals surface area contributed by atoms with Crippen molar-refractivity contribution in [1.82, 2.24) is 0 Å². The zero-order chi connectivity index (χ0) is 15.6. The number of benzene rings is 1. The first-order chi connectivity index (χ1) is 9.86. The van der Waals surface area contributed by atoms with Gasteiger partial charge in [-0.25, -0.2) is 5.84 Å². The molecule has 1 aliphatic heterocycles. The van der Waals surface area contributed by atoms with E-state index in [0.29, 0.717) is 17.9 Å². The number of amidine groups is 1. The van der Waals surface area contributed by atoms with Crippen LogP contribution in [0.3, 0.4) is 0 Å². The van der Waals surface area contributed by atoms with Crippen LogP contribution in [0.15, 0.2) is 21.4 Å². The third-order valence-corrected chi connectivity index (χ3v) is 5.35. The topological polar surface area (TPSA) is 75.8 Å². The summed E-state index contributed by atoms with van der Waals surface area (Å²) in [6.45, 7) is 2.11. The first-order valence-electron chi connectivity index (χ1n) is 6.74. The third-order valence-electron chi connectivity index (χ3n) is 3.30. The van der Waals surface area contributed by atoms with E-state index in [0.717, 1.165) is 25.7 Å². The van der Waals surface area contributed by atoms with Gasteiger partial charge in [-0.2, -0.15) is 8.42 Å². The Labute approximate surface area is 134 Å². The van der Waals surface area contributed by atoms with E-state index in [9.17, 15) is 8.42 Å². The molecule has 0 atom stereocenters. The lowest BCUT2D eigenvalue weighted by Crippen LogP contribution is -2.41. The normalized spacial score (nSPS) is 16.6. The van der Waals surface area contributed by atoms with Gasteiger partial charge in [-0.15, -0.1) is 4.40 Å². The lowest BCUT2D eigenvalue weighted by molar-refractivity contribution is 0.596. The molecule has 0 saturated heterocycles. The molecule has 8 heteroatoms. The molecule has 0 saturated carbocycles.